The largest absolute Gasteiger partial charge is 0.380 e. The van der Waals surface area contributed by atoms with Gasteiger partial charge in [-0.3, -0.25) is 4.98 Å². The van der Waals surface area contributed by atoms with Gasteiger partial charge in [0.25, 0.3) is 0 Å². The van der Waals surface area contributed by atoms with E-state index >= 15 is 0 Å². The molecule has 0 radical (unpaired) electrons. The first-order chi connectivity index (χ1) is 10.1. The van der Waals surface area contributed by atoms with Crippen molar-refractivity contribution < 1.29 is 4.39 Å². The van der Waals surface area contributed by atoms with E-state index < -0.39 is 0 Å². The van der Waals surface area contributed by atoms with Crippen LogP contribution < -0.4 is 5.32 Å². The van der Waals surface area contributed by atoms with Gasteiger partial charge in [0.05, 0.1) is 5.52 Å². The highest BCUT2D eigenvalue weighted by molar-refractivity contribution is 6.30. The summed E-state index contributed by atoms with van der Waals surface area (Å²) in [5.74, 6) is -0.301. The van der Waals surface area contributed by atoms with Gasteiger partial charge in [-0.1, -0.05) is 23.7 Å². The molecular formula is C17H14ClFN2. The number of rotatable bonds is 3. The second-order valence-electron chi connectivity index (χ2n) is 4.92. The highest BCUT2D eigenvalue weighted by atomic mass is 35.5. The number of pyridine rings is 1. The van der Waals surface area contributed by atoms with E-state index in [9.17, 15) is 4.39 Å². The molecule has 2 nitrogen and oxygen atoms in total. The third-order valence-corrected chi connectivity index (χ3v) is 3.69. The zero-order chi connectivity index (χ0) is 14.8. The van der Waals surface area contributed by atoms with Gasteiger partial charge < -0.3 is 5.32 Å². The summed E-state index contributed by atoms with van der Waals surface area (Å²) in [7, 11) is 0. The quantitative estimate of drug-likeness (QED) is 0.740. The van der Waals surface area contributed by atoms with Crippen LogP contribution in [-0.2, 0) is 6.54 Å². The fraction of sp³-hybridized carbons (Fsp3) is 0.118. The maximum absolute atomic E-state index is 13.8. The van der Waals surface area contributed by atoms with E-state index in [0.717, 1.165) is 22.2 Å². The van der Waals surface area contributed by atoms with Crippen molar-refractivity contribution in [3.8, 4) is 0 Å². The molecule has 3 rings (SSSR count). The normalized spacial score (nSPS) is 10.8. The summed E-state index contributed by atoms with van der Waals surface area (Å²) in [6.07, 6.45) is 1.78. The van der Waals surface area contributed by atoms with Crippen molar-refractivity contribution in [1.29, 1.82) is 0 Å². The Labute approximate surface area is 127 Å². The van der Waals surface area contributed by atoms with E-state index in [2.05, 4.69) is 10.3 Å². The van der Waals surface area contributed by atoms with Crippen LogP contribution in [0.4, 0.5) is 10.1 Å². The summed E-state index contributed by atoms with van der Waals surface area (Å²) < 4.78 is 13.8. The molecule has 21 heavy (non-hydrogen) atoms. The van der Waals surface area contributed by atoms with Gasteiger partial charge in [-0.25, -0.2) is 4.39 Å². The number of aryl methyl sites for hydroxylation is 1. The van der Waals surface area contributed by atoms with Crippen molar-refractivity contribution in [3.63, 3.8) is 0 Å². The smallest absolute Gasteiger partial charge is 0.129 e. The van der Waals surface area contributed by atoms with Gasteiger partial charge in [-0.2, -0.15) is 0 Å². The average Bonchev–Trinajstić information content (AvgIpc) is 2.48. The second kappa shape index (κ2) is 5.70. The van der Waals surface area contributed by atoms with Gasteiger partial charge in [0.15, 0.2) is 0 Å². The van der Waals surface area contributed by atoms with E-state index in [1.165, 1.54) is 6.07 Å². The minimum absolute atomic E-state index is 0.301. The predicted molar refractivity (Wildman–Crippen MR) is 85.2 cm³/mol. The highest BCUT2D eigenvalue weighted by Gasteiger charge is 2.06. The molecule has 0 saturated heterocycles. The predicted octanol–water partition coefficient (Wildman–Crippen LogP) is 4.95. The van der Waals surface area contributed by atoms with Crippen LogP contribution in [0.2, 0.25) is 5.02 Å². The van der Waals surface area contributed by atoms with E-state index in [0.29, 0.717) is 17.1 Å². The second-order valence-corrected chi connectivity index (χ2v) is 5.36. The van der Waals surface area contributed by atoms with Crippen LogP contribution in [0.15, 0.2) is 48.7 Å². The summed E-state index contributed by atoms with van der Waals surface area (Å²) in [5.41, 5.74) is 3.60. The Kier molecular flexibility index (Phi) is 3.76. The van der Waals surface area contributed by atoms with Crippen LogP contribution in [0, 0.1) is 12.7 Å². The lowest BCUT2D eigenvalue weighted by molar-refractivity contribution is 0.613. The molecule has 0 spiro atoms. The minimum Gasteiger partial charge on any atom is -0.380 e. The Balaban J connectivity index is 1.90. The molecule has 0 aliphatic heterocycles. The molecule has 2 aromatic carbocycles. The molecule has 0 aliphatic carbocycles. The van der Waals surface area contributed by atoms with Gasteiger partial charge in [-0.05, 0) is 42.8 Å². The summed E-state index contributed by atoms with van der Waals surface area (Å²) in [5, 5.41) is 4.71. The standard InChI is InChI=1S/C17H14ClFN2/c1-11-4-7-16(14-3-2-8-20-17(11)14)21-10-12-5-6-13(18)9-15(12)19/h2-9,21H,10H2,1H3. The number of aromatic nitrogens is 1. The Morgan fingerprint density at radius 1 is 1.19 bits per heavy atom. The molecule has 3 aromatic rings. The van der Waals surface area contributed by atoms with Crippen LogP contribution in [0.3, 0.4) is 0 Å². The van der Waals surface area contributed by atoms with E-state index in [4.69, 9.17) is 11.6 Å². The SMILES string of the molecule is Cc1ccc(NCc2ccc(Cl)cc2F)c2cccnc12. The zero-order valence-corrected chi connectivity index (χ0v) is 12.3. The number of benzene rings is 2. The summed E-state index contributed by atoms with van der Waals surface area (Å²) in [6.45, 7) is 2.42. The third kappa shape index (κ3) is 2.83. The van der Waals surface area contributed by atoms with Gasteiger partial charge >= 0.3 is 0 Å². The molecule has 4 heteroatoms. The zero-order valence-electron chi connectivity index (χ0n) is 11.5. The molecule has 0 saturated carbocycles. The van der Waals surface area contributed by atoms with Crippen molar-refractivity contribution in [2.75, 3.05) is 5.32 Å². The number of hydrogen-bond acceptors (Lipinski definition) is 2. The van der Waals surface area contributed by atoms with E-state index in [1.54, 1.807) is 18.3 Å². The first-order valence-electron chi connectivity index (χ1n) is 6.67. The number of halogens is 2. The van der Waals surface area contributed by atoms with Crippen molar-refractivity contribution in [2.45, 2.75) is 13.5 Å². The molecule has 1 heterocycles. The summed E-state index contributed by atoms with van der Waals surface area (Å²) in [6, 6.07) is 12.6. The molecule has 1 N–H and O–H groups in total. The maximum Gasteiger partial charge on any atom is 0.129 e. The van der Waals surface area contributed by atoms with Crippen molar-refractivity contribution in [1.82, 2.24) is 4.98 Å². The van der Waals surface area contributed by atoms with Gasteiger partial charge in [-0.15, -0.1) is 0 Å². The lowest BCUT2D eigenvalue weighted by Gasteiger charge is -2.11. The number of anilines is 1. The Morgan fingerprint density at radius 3 is 2.86 bits per heavy atom. The first-order valence-corrected chi connectivity index (χ1v) is 7.05. The van der Waals surface area contributed by atoms with E-state index in [-0.39, 0.29) is 5.82 Å². The fourth-order valence-electron chi connectivity index (χ4n) is 2.32. The van der Waals surface area contributed by atoms with Gasteiger partial charge in [0.2, 0.25) is 0 Å². The van der Waals surface area contributed by atoms with Crippen LogP contribution in [0.25, 0.3) is 10.9 Å². The van der Waals surface area contributed by atoms with Crippen LogP contribution in [0.5, 0.6) is 0 Å². The summed E-state index contributed by atoms with van der Waals surface area (Å²) >= 11 is 5.76. The number of nitrogens with zero attached hydrogens (tertiary/aromatic N) is 1. The lowest BCUT2D eigenvalue weighted by Crippen LogP contribution is -2.02. The molecular weight excluding hydrogens is 287 g/mol. The van der Waals surface area contributed by atoms with Gasteiger partial charge in [0.1, 0.15) is 5.82 Å². The molecule has 0 amide bonds. The molecule has 0 fully saturated rings. The molecule has 0 unspecified atom stereocenters. The lowest BCUT2D eigenvalue weighted by atomic mass is 10.1. The molecule has 1 aromatic heterocycles. The Bertz CT molecular complexity index is 802. The van der Waals surface area contributed by atoms with Crippen LogP contribution >= 0.6 is 11.6 Å². The van der Waals surface area contributed by atoms with Crippen molar-refractivity contribution >= 4 is 28.2 Å². The van der Waals surface area contributed by atoms with Crippen molar-refractivity contribution in [2.24, 2.45) is 0 Å². The summed E-state index contributed by atoms with van der Waals surface area (Å²) in [4.78, 5) is 4.39. The Morgan fingerprint density at radius 2 is 2.05 bits per heavy atom. The third-order valence-electron chi connectivity index (χ3n) is 3.46. The van der Waals surface area contributed by atoms with Crippen LogP contribution in [0.1, 0.15) is 11.1 Å². The highest BCUT2D eigenvalue weighted by Crippen LogP contribution is 2.25. The topological polar surface area (TPSA) is 24.9 Å². The molecule has 106 valence electrons. The number of hydrogen-bond donors (Lipinski definition) is 1. The minimum atomic E-state index is -0.301. The fourth-order valence-corrected chi connectivity index (χ4v) is 2.48. The van der Waals surface area contributed by atoms with Crippen molar-refractivity contribution in [3.05, 3.63) is 70.6 Å². The van der Waals surface area contributed by atoms with Crippen LogP contribution in [-0.4, -0.2) is 4.98 Å². The number of nitrogens with one attached hydrogen (secondary N) is 1. The van der Waals surface area contributed by atoms with E-state index in [1.807, 2.05) is 31.2 Å². The molecule has 0 atom stereocenters. The maximum atomic E-state index is 13.8. The Hall–Kier alpha value is -2.13. The monoisotopic (exact) mass is 300 g/mol. The van der Waals surface area contributed by atoms with Gasteiger partial charge in [0, 0.05) is 34.4 Å². The molecule has 0 aliphatic rings. The average molecular weight is 301 g/mol. The number of fused-ring (bicyclic) bond motifs is 1. The molecule has 0 bridgehead atoms. The first kappa shape index (κ1) is 13.8.